The number of alkyl halides is 3. The summed E-state index contributed by atoms with van der Waals surface area (Å²) in [6.07, 6.45) is -2.37. The Labute approximate surface area is 130 Å². The Kier molecular flexibility index (Phi) is 6.57. The van der Waals surface area contributed by atoms with Crippen LogP contribution in [0.15, 0.2) is 18.2 Å². The zero-order chi connectivity index (χ0) is 16.8. The van der Waals surface area contributed by atoms with E-state index in [0.29, 0.717) is 6.42 Å². The predicted molar refractivity (Wildman–Crippen MR) is 81.7 cm³/mol. The SMILES string of the molecule is COc1cc(OC)cc(C(C)(C)CCCCCC(F)(F)F)c1. The Morgan fingerprint density at radius 1 is 0.818 bits per heavy atom. The van der Waals surface area contributed by atoms with Crippen molar-refractivity contribution in [1.82, 2.24) is 0 Å². The van der Waals surface area contributed by atoms with E-state index in [1.165, 1.54) is 0 Å². The van der Waals surface area contributed by atoms with Crippen molar-refractivity contribution in [1.29, 1.82) is 0 Å². The summed E-state index contributed by atoms with van der Waals surface area (Å²) in [6.45, 7) is 4.18. The van der Waals surface area contributed by atoms with Crippen LogP contribution in [0.1, 0.15) is 51.5 Å². The molecule has 1 aromatic rings. The second-order valence-corrected chi connectivity index (χ2v) is 6.16. The molecule has 0 spiro atoms. The summed E-state index contributed by atoms with van der Waals surface area (Å²) >= 11 is 0. The molecule has 0 unspecified atom stereocenters. The van der Waals surface area contributed by atoms with E-state index in [-0.39, 0.29) is 11.8 Å². The molecule has 0 radical (unpaired) electrons. The van der Waals surface area contributed by atoms with Gasteiger partial charge in [-0.2, -0.15) is 13.2 Å². The number of rotatable bonds is 8. The fourth-order valence-corrected chi connectivity index (χ4v) is 2.41. The minimum absolute atomic E-state index is 0.139. The quantitative estimate of drug-likeness (QED) is 0.590. The Hall–Kier alpha value is -1.39. The lowest BCUT2D eigenvalue weighted by atomic mass is 9.80. The number of halogens is 3. The van der Waals surface area contributed by atoms with Crippen molar-refractivity contribution >= 4 is 0 Å². The van der Waals surface area contributed by atoms with Crippen LogP contribution in [0.25, 0.3) is 0 Å². The summed E-state index contributed by atoms with van der Waals surface area (Å²) in [5.74, 6) is 1.44. The van der Waals surface area contributed by atoms with Crippen molar-refractivity contribution in [2.75, 3.05) is 14.2 Å². The maximum Gasteiger partial charge on any atom is 0.389 e. The molecule has 0 aliphatic carbocycles. The van der Waals surface area contributed by atoms with Gasteiger partial charge in [-0.15, -0.1) is 0 Å². The number of unbranched alkanes of at least 4 members (excludes halogenated alkanes) is 2. The summed E-state index contributed by atoms with van der Waals surface area (Å²) in [5, 5.41) is 0. The Balaban J connectivity index is 2.62. The van der Waals surface area contributed by atoms with Crippen molar-refractivity contribution in [3.8, 4) is 11.5 Å². The minimum atomic E-state index is -4.05. The summed E-state index contributed by atoms with van der Waals surface area (Å²) in [4.78, 5) is 0. The lowest BCUT2D eigenvalue weighted by Crippen LogP contribution is -2.17. The molecule has 0 fully saturated rings. The Bertz CT molecular complexity index is 445. The van der Waals surface area contributed by atoms with Crippen LogP contribution in [-0.4, -0.2) is 20.4 Å². The lowest BCUT2D eigenvalue weighted by Gasteiger charge is -2.26. The molecular formula is C17H25F3O2. The molecule has 0 aromatic heterocycles. The number of methoxy groups -OCH3 is 2. The zero-order valence-corrected chi connectivity index (χ0v) is 13.7. The standard InChI is InChI=1S/C17H25F3O2/c1-16(2,8-6-5-7-9-17(18,19)20)13-10-14(21-3)12-15(11-13)22-4/h10-12H,5-9H2,1-4H3. The minimum Gasteiger partial charge on any atom is -0.497 e. The maximum absolute atomic E-state index is 12.1. The lowest BCUT2D eigenvalue weighted by molar-refractivity contribution is -0.135. The average molecular weight is 318 g/mol. The van der Waals surface area contributed by atoms with Gasteiger partial charge in [-0.05, 0) is 36.0 Å². The molecule has 0 heterocycles. The van der Waals surface area contributed by atoms with Gasteiger partial charge in [-0.1, -0.05) is 26.7 Å². The molecule has 0 bridgehead atoms. The van der Waals surface area contributed by atoms with Gasteiger partial charge in [0.05, 0.1) is 14.2 Å². The van der Waals surface area contributed by atoms with Gasteiger partial charge in [-0.3, -0.25) is 0 Å². The molecular weight excluding hydrogens is 293 g/mol. The van der Waals surface area contributed by atoms with Crippen molar-refractivity contribution in [3.05, 3.63) is 23.8 Å². The molecule has 22 heavy (non-hydrogen) atoms. The van der Waals surface area contributed by atoms with E-state index in [0.717, 1.165) is 29.9 Å². The van der Waals surface area contributed by atoms with E-state index < -0.39 is 12.6 Å². The van der Waals surface area contributed by atoms with Crippen molar-refractivity contribution in [3.63, 3.8) is 0 Å². The van der Waals surface area contributed by atoms with Crippen LogP contribution in [0.3, 0.4) is 0 Å². The molecule has 0 saturated carbocycles. The summed E-state index contributed by atoms with van der Waals surface area (Å²) in [5.41, 5.74) is 0.930. The number of ether oxygens (including phenoxy) is 2. The highest BCUT2D eigenvalue weighted by atomic mass is 19.4. The Morgan fingerprint density at radius 2 is 1.32 bits per heavy atom. The normalized spacial score (nSPS) is 12.3. The first-order chi connectivity index (χ1) is 10.2. The first kappa shape index (κ1) is 18.7. The maximum atomic E-state index is 12.1. The zero-order valence-electron chi connectivity index (χ0n) is 13.7. The van der Waals surface area contributed by atoms with Crippen LogP contribution < -0.4 is 9.47 Å². The van der Waals surface area contributed by atoms with Crippen LogP contribution in [0.2, 0.25) is 0 Å². The second-order valence-electron chi connectivity index (χ2n) is 6.16. The number of hydrogen-bond donors (Lipinski definition) is 0. The molecule has 0 atom stereocenters. The van der Waals surface area contributed by atoms with Crippen molar-refractivity contribution in [2.45, 2.75) is 57.5 Å². The van der Waals surface area contributed by atoms with Crippen LogP contribution in [0.4, 0.5) is 13.2 Å². The fourth-order valence-electron chi connectivity index (χ4n) is 2.41. The third-order valence-electron chi connectivity index (χ3n) is 3.89. The van der Waals surface area contributed by atoms with E-state index in [1.807, 2.05) is 18.2 Å². The van der Waals surface area contributed by atoms with Crippen LogP contribution in [0.5, 0.6) is 11.5 Å². The third kappa shape index (κ3) is 6.16. The predicted octanol–water partition coefficient (Wildman–Crippen LogP) is 5.49. The van der Waals surface area contributed by atoms with E-state index >= 15 is 0 Å². The molecule has 0 aliphatic heterocycles. The number of benzene rings is 1. The molecule has 0 N–H and O–H groups in total. The molecule has 1 aromatic carbocycles. The van der Waals surface area contributed by atoms with Gasteiger partial charge in [0.15, 0.2) is 0 Å². The van der Waals surface area contributed by atoms with Gasteiger partial charge >= 0.3 is 6.18 Å². The molecule has 126 valence electrons. The summed E-state index contributed by atoms with van der Waals surface area (Å²) in [7, 11) is 3.20. The van der Waals surface area contributed by atoms with Crippen molar-refractivity contribution in [2.24, 2.45) is 0 Å². The van der Waals surface area contributed by atoms with Crippen LogP contribution in [-0.2, 0) is 5.41 Å². The first-order valence-corrected chi connectivity index (χ1v) is 7.48. The van der Waals surface area contributed by atoms with Crippen molar-refractivity contribution < 1.29 is 22.6 Å². The average Bonchev–Trinajstić information content (AvgIpc) is 2.44. The Morgan fingerprint density at radius 3 is 1.77 bits per heavy atom. The summed E-state index contributed by atoms with van der Waals surface area (Å²) < 4.78 is 46.9. The molecule has 5 heteroatoms. The highest BCUT2D eigenvalue weighted by molar-refractivity contribution is 5.41. The van der Waals surface area contributed by atoms with Gasteiger partial charge in [0.2, 0.25) is 0 Å². The van der Waals surface area contributed by atoms with Gasteiger partial charge in [0.25, 0.3) is 0 Å². The van der Waals surface area contributed by atoms with Gasteiger partial charge < -0.3 is 9.47 Å². The topological polar surface area (TPSA) is 18.5 Å². The molecule has 0 amide bonds. The molecule has 1 rings (SSSR count). The smallest absolute Gasteiger partial charge is 0.389 e. The molecule has 0 aliphatic rings. The highest BCUT2D eigenvalue weighted by Crippen LogP contribution is 2.35. The van der Waals surface area contributed by atoms with Gasteiger partial charge in [-0.25, -0.2) is 0 Å². The third-order valence-corrected chi connectivity index (χ3v) is 3.89. The van der Waals surface area contributed by atoms with E-state index in [2.05, 4.69) is 13.8 Å². The first-order valence-electron chi connectivity index (χ1n) is 7.48. The summed E-state index contributed by atoms with van der Waals surface area (Å²) in [6, 6.07) is 5.72. The number of hydrogen-bond acceptors (Lipinski definition) is 2. The van der Waals surface area contributed by atoms with E-state index in [1.54, 1.807) is 14.2 Å². The van der Waals surface area contributed by atoms with Gasteiger partial charge in [0.1, 0.15) is 11.5 Å². The van der Waals surface area contributed by atoms with E-state index in [9.17, 15) is 13.2 Å². The largest absolute Gasteiger partial charge is 0.497 e. The fraction of sp³-hybridized carbons (Fsp3) is 0.647. The molecule has 0 saturated heterocycles. The monoisotopic (exact) mass is 318 g/mol. The van der Waals surface area contributed by atoms with Crippen LogP contribution in [0, 0.1) is 0 Å². The van der Waals surface area contributed by atoms with Crippen LogP contribution >= 0.6 is 0 Å². The molecule has 2 nitrogen and oxygen atoms in total. The second kappa shape index (κ2) is 7.75. The van der Waals surface area contributed by atoms with Gasteiger partial charge in [0, 0.05) is 12.5 Å². The van der Waals surface area contributed by atoms with E-state index in [4.69, 9.17) is 9.47 Å². The highest BCUT2D eigenvalue weighted by Gasteiger charge is 2.26.